The summed E-state index contributed by atoms with van der Waals surface area (Å²) in [5, 5.41) is 10.0. The van der Waals surface area contributed by atoms with E-state index in [1.807, 2.05) is 0 Å². The smallest absolute Gasteiger partial charge is 0.233 e. The highest BCUT2D eigenvalue weighted by molar-refractivity contribution is 8.14. The molecule has 1 atom stereocenters. The number of rotatable bonds is 3. The van der Waals surface area contributed by atoms with Gasteiger partial charge in [0.25, 0.3) is 0 Å². The van der Waals surface area contributed by atoms with Crippen molar-refractivity contribution < 1.29 is 4.79 Å². The van der Waals surface area contributed by atoms with E-state index in [-0.39, 0.29) is 22.3 Å². The van der Waals surface area contributed by atoms with Crippen LogP contribution < -0.4 is 16.8 Å². The number of nitrogens with two attached hydrogens (primary N) is 2. The topological polar surface area (TPSA) is 117 Å². The third-order valence-corrected chi connectivity index (χ3v) is 3.47. The molecular formula is C10H19N5OS. The molecule has 1 unspecified atom stereocenters. The first-order valence-electron chi connectivity index (χ1n) is 5.64. The van der Waals surface area contributed by atoms with Gasteiger partial charge in [0.1, 0.15) is 0 Å². The molecule has 0 radical (unpaired) electrons. The number of thioether (sulfide) groups is 1. The zero-order chi connectivity index (χ0) is 12.8. The van der Waals surface area contributed by atoms with Gasteiger partial charge in [-0.2, -0.15) is 4.99 Å². The molecule has 7 heteroatoms. The third kappa shape index (κ3) is 5.08. The number of amidine groups is 1. The minimum atomic E-state index is -0.355. The van der Waals surface area contributed by atoms with Gasteiger partial charge >= 0.3 is 0 Å². The Bertz CT molecular complexity index is 321. The monoisotopic (exact) mass is 257 g/mol. The Morgan fingerprint density at radius 3 is 2.59 bits per heavy atom. The molecule has 1 aliphatic carbocycles. The van der Waals surface area contributed by atoms with Crippen molar-refractivity contribution in [3.8, 4) is 0 Å². The van der Waals surface area contributed by atoms with E-state index >= 15 is 0 Å². The molecule has 0 aromatic rings. The fourth-order valence-corrected chi connectivity index (χ4v) is 2.42. The summed E-state index contributed by atoms with van der Waals surface area (Å²) in [6.45, 7) is 1.74. The number of nitrogens with zero attached hydrogens (tertiary/aromatic N) is 1. The summed E-state index contributed by atoms with van der Waals surface area (Å²) in [4.78, 5) is 15.4. The maximum atomic E-state index is 11.8. The third-order valence-electron chi connectivity index (χ3n) is 2.59. The lowest BCUT2D eigenvalue weighted by atomic mass is 10.2. The molecule has 17 heavy (non-hydrogen) atoms. The van der Waals surface area contributed by atoms with Crippen LogP contribution in [0.3, 0.4) is 0 Å². The number of carbonyl (C=O) groups excluding carboxylic acids is 1. The van der Waals surface area contributed by atoms with Crippen LogP contribution in [0.25, 0.3) is 0 Å². The Kier molecular flexibility index (Phi) is 5.27. The average molecular weight is 257 g/mol. The summed E-state index contributed by atoms with van der Waals surface area (Å²) in [6.07, 6.45) is 4.45. The Morgan fingerprint density at radius 1 is 1.47 bits per heavy atom. The number of aliphatic imine (C=N–C) groups is 1. The Balaban J connectivity index is 2.35. The summed E-state index contributed by atoms with van der Waals surface area (Å²) in [5.74, 6) is -0.219. The molecule has 1 aliphatic rings. The first-order valence-corrected chi connectivity index (χ1v) is 6.52. The highest BCUT2D eigenvalue weighted by Crippen LogP contribution is 2.19. The number of carbonyl (C=O) groups is 1. The molecule has 96 valence electrons. The summed E-state index contributed by atoms with van der Waals surface area (Å²) in [7, 11) is 0. The van der Waals surface area contributed by atoms with Crippen molar-refractivity contribution >= 4 is 28.8 Å². The van der Waals surface area contributed by atoms with Crippen LogP contribution in [-0.2, 0) is 4.79 Å². The first kappa shape index (κ1) is 13.8. The van der Waals surface area contributed by atoms with Crippen LogP contribution in [0, 0.1) is 5.41 Å². The highest BCUT2D eigenvalue weighted by Gasteiger charge is 2.21. The predicted molar refractivity (Wildman–Crippen MR) is 71.0 cm³/mol. The SMILES string of the molecule is CC(SC(=N)N=C(N)N)C(=O)NC1CCCC1. The fraction of sp³-hybridized carbons (Fsp3) is 0.700. The normalized spacial score (nSPS) is 17.5. The molecule has 0 spiro atoms. The Labute approximate surface area is 105 Å². The van der Waals surface area contributed by atoms with Gasteiger partial charge in [-0.05, 0) is 19.8 Å². The van der Waals surface area contributed by atoms with Gasteiger partial charge in [-0.25, -0.2) is 0 Å². The predicted octanol–water partition coefficient (Wildman–Crippen LogP) is 0.375. The second kappa shape index (κ2) is 6.48. The molecule has 1 rings (SSSR count). The van der Waals surface area contributed by atoms with Gasteiger partial charge in [0.2, 0.25) is 5.91 Å². The van der Waals surface area contributed by atoms with Crippen LogP contribution >= 0.6 is 11.8 Å². The van der Waals surface area contributed by atoms with Crippen molar-refractivity contribution in [1.82, 2.24) is 5.32 Å². The van der Waals surface area contributed by atoms with Crippen LogP contribution in [0.2, 0.25) is 0 Å². The van der Waals surface area contributed by atoms with E-state index in [1.165, 1.54) is 12.8 Å². The van der Waals surface area contributed by atoms with E-state index < -0.39 is 0 Å². The van der Waals surface area contributed by atoms with E-state index in [1.54, 1.807) is 6.92 Å². The van der Waals surface area contributed by atoms with Crippen molar-refractivity contribution in [2.45, 2.75) is 43.9 Å². The minimum absolute atomic E-state index is 0.0425. The quantitative estimate of drug-likeness (QED) is 0.431. The van der Waals surface area contributed by atoms with Gasteiger partial charge in [-0.3, -0.25) is 10.2 Å². The van der Waals surface area contributed by atoms with E-state index in [0.29, 0.717) is 6.04 Å². The molecule has 1 fully saturated rings. The second-order valence-corrected chi connectivity index (χ2v) is 5.42. The minimum Gasteiger partial charge on any atom is -0.370 e. The molecule has 0 heterocycles. The number of guanidine groups is 1. The van der Waals surface area contributed by atoms with Gasteiger partial charge in [-0.1, -0.05) is 24.6 Å². The zero-order valence-electron chi connectivity index (χ0n) is 9.90. The summed E-state index contributed by atoms with van der Waals surface area (Å²) in [5.41, 5.74) is 10.3. The molecule has 0 aromatic carbocycles. The molecule has 0 aliphatic heterocycles. The molecule has 1 amide bonds. The summed E-state index contributed by atoms with van der Waals surface area (Å²) in [6, 6.07) is 0.294. The standard InChI is InChI=1S/C10H19N5OS/c1-6(17-10(13)15-9(11)12)8(16)14-7-4-2-3-5-7/h6-7H,2-5H2,1H3,(H,14,16)(H5,11,12,13,15). The number of hydrogen-bond donors (Lipinski definition) is 4. The zero-order valence-corrected chi connectivity index (χ0v) is 10.7. The second-order valence-electron chi connectivity index (χ2n) is 4.09. The molecule has 0 saturated heterocycles. The van der Waals surface area contributed by atoms with Gasteiger partial charge in [0.15, 0.2) is 11.1 Å². The van der Waals surface area contributed by atoms with Gasteiger partial charge in [0, 0.05) is 6.04 Å². The molecule has 0 bridgehead atoms. The van der Waals surface area contributed by atoms with Crippen molar-refractivity contribution in [2.75, 3.05) is 0 Å². The lowest BCUT2D eigenvalue weighted by Crippen LogP contribution is -2.38. The van der Waals surface area contributed by atoms with Crippen LogP contribution in [0.1, 0.15) is 32.6 Å². The van der Waals surface area contributed by atoms with Crippen LogP contribution in [-0.4, -0.2) is 28.3 Å². The lowest BCUT2D eigenvalue weighted by Gasteiger charge is -2.15. The van der Waals surface area contributed by atoms with Crippen LogP contribution in [0.5, 0.6) is 0 Å². The molecule has 6 nitrogen and oxygen atoms in total. The van der Waals surface area contributed by atoms with E-state index in [4.69, 9.17) is 16.9 Å². The highest BCUT2D eigenvalue weighted by atomic mass is 32.2. The van der Waals surface area contributed by atoms with E-state index in [2.05, 4.69) is 10.3 Å². The first-order chi connectivity index (χ1) is 7.99. The van der Waals surface area contributed by atoms with Crippen molar-refractivity contribution in [2.24, 2.45) is 16.5 Å². The fourth-order valence-electron chi connectivity index (χ4n) is 1.75. The van der Waals surface area contributed by atoms with Crippen LogP contribution in [0.15, 0.2) is 4.99 Å². The van der Waals surface area contributed by atoms with Gasteiger partial charge < -0.3 is 16.8 Å². The van der Waals surface area contributed by atoms with E-state index in [9.17, 15) is 4.79 Å². The molecule has 6 N–H and O–H groups in total. The summed E-state index contributed by atoms with van der Waals surface area (Å²) >= 11 is 1.04. The lowest BCUT2D eigenvalue weighted by molar-refractivity contribution is -0.120. The van der Waals surface area contributed by atoms with Crippen molar-refractivity contribution in [3.63, 3.8) is 0 Å². The van der Waals surface area contributed by atoms with Crippen LogP contribution in [0.4, 0.5) is 0 Å². The molecule has 0 aromatic heterocycles. The largest absolute Gasteiger partial charge is 0.370 e. The average Bonchev–Trinajstić information content (AvgIpc) is 2.68. The Morgan fingerprint density at radius 2 is 2.06 bits per heavy atom. The Hall–Kier alpha value is -1.24. The summed E-state index contributed by atoms with van der Waals surface area (Å²) < 4.78 is 0. The molecule has 1 saturated carbocycles. The maximum Gasteiger partial charge on any atom is 0.233 e. The number of hydrogen-bond acceptors (Lipinski definition) is 3. The maximum absolute atomic E-state index is 11.8. The van der Waals surface area contributed by atoms with Gasteiger partial charge in [-0.15, -0.1) is 0 Å². The van der Waals surface area contributed by atoms with Crippen molar-refractivity contribution in [1.29, 1.82) is 5.41 Å². The van der Waals surface area contributed by atoms with Crippen molar-refractivity contribution in [3.05, 3.63) is 0 Å². The number of nitrogens with one attached hydrogen (secondary N) is 2. The van der Waals surface area contributed by atoms with E-state index in [0.717, 1.165) is 24.6 Å². The van der Waals surface area contributed by atoms with Gasteiger partial charge in [0.05, 0.1) is 5.25 Å². The molecular weight excluding hydrogens is 238 g/mol. The number of amides is 1.